The number of nitrogens with one attached hydrogen (secondary N) is 1. The third-order valence-corrected chi connectivity index (χ3v) is 21.3. The van der Waals surface area contributed by atoms with Crippen molar-refractivity contribution in [2.24, 2.45) is 5.92 Å². The summed E-state index contributed by atoms with van der Waals surface area (Å²) in [7, 11) is 1.55. The van der Waals surface area contributed by atoms with Crippen molar-refractivity contribution < 1.29 is 61.6 Å². The molecule has 0 radical (unpaired) electrons. The molecular formula is C72H88FN11O12S. The largest absolute Gasteiger partial charge is 0.472 e. The lowest BCUT2D eigenvalue weighted by Gasteiger charge is -2.42. The number of rotatable bonds is 20. The molecule has 2 N–H and O–H groups in total. The number of aromatic nitrogens is 5. The highest BCUT2D eigenvalue weighted by molar-refractivity contribution is 7.13. The Morgan fingerprint density at radius 1 is 0.907 bits per heavy atom. The van der Waals surface area contributed by atoms with E-state index in [1.165, 1.54) is 4.90 Å². The van der Waals surface area contributed by atoms with E-state index >= 15 is 4.39 Å². The topological polar surface area (TPSA) is 250 Å². The van der Waals surface area contributed by atoms with Gasteiger partial charge in [-0.3, -0.25) is 24.4 Å². The Balaban J connectivity index is 0.643. The Kier molecular flexibility index (Phi) is 19.4. The number of amides is 4. The minimum atomic E-state index is -0.886. The molecule has 4 aromatic heterocycles. The van der Waals surface area contributed by atoms with Crippen LogP contribution >= 0.6 is 11.3 Å². The number of β-amino-alcohol motifs (C(OH)–C–C–N with tert-alkyl or cyclic N) is 1. The zero-order valence-electron chi connectivity index (χ0n) is 56.8. The van der Waals surface area contributed by atoms with Gasteiger partial charge in [0.2, 0.25) is 11.8 Å². The lowest BCUT2D eigenvalue weighted by atomic mass is 9.91. The average molecular weight is 1350 g/mol. The fourth-order valence-electron chi connectivity index (χ4n) is 15.5. The minimum absolute atomic E-state index is 0.00362. The molecule has 2 unspecified atom stereocenters. The van der Waals surface area contributed by atoms with Crippen molar-refractivity contribution in [2.45, 2.75) is 179 Å². The molecule has 7 aromatic rings. The van der Waals surface area contributed by atoms with Crippen molar-refractivity contribution in [1.29, 1.82) is 0 Å². The van der Waals surface area contributed by atoms with Gasteiger partial charge in [-0.25, -0.2) is 19.0 Å². The van der Waals surface area contributed by atoms with Crippen molar-refractivity contribution in [3.63, 3.8) is 0 Å². The maximum absolute atomic E-state index is 17.9. The lowest BCUT2D eigenvalue weighted by molar-refractivity contribution is -0.141. The molecule has 6 fully saturated rings. The normalized spacial score (nSPS) is 22.7. The summed E-state index contributed by atoms with van der Waals surface area (Å²) in [6.07, 6.45) is 6.43. The number of piperazine rings is 1. The van der Waals surface area contributed by atoms with Crippen molar-refractivity contribution in [3.8, 4) is 39.3 Å². The summed E-state index contributed by atoms with van der Waals surface area (Å²) in [5.41, 5.74) is 5.42. The number of methoxy groups -OCH3 is 1. The first-order valence-electron chi connectivity index (χ1n) is 34.2. The van der Waals surface area contributed by atoms with Gasteiger partial charge in [0.15, 0.2) is 18.4 Å². The lowest BCUT2D eigenvalue weighted by Crippen LogP contribution is -2.57. The van der Waals surface area contributed by atoms with Gasteiger partial charge < -0.3 is 58.1 Å². The second-order valence-electron chi connectivity index (χ2n) is 28.3. The predicted octanol–water partition coefficient (Wildman–Crippen LogP) is 11.2. The first-order chi connectivity index (χ1) is 46.7. The van der Waals surface area contributed by atoms with Gasteiger partial charge in [-0.1, -0.05) is 63.2 Å². The Morgan fingerprint density at radius 3 is 2.39 bits per heavy atom. The van der Waals surface area contributed by atoms with Crippen molar-refractivity contribution in [1.82, 2.24) is 50.0 Å². The van der Waals surface area contributed by atoms with Gasteiger partial charge in [-0.2, -0.15) is 9.97 Å². The van der Waals surface area contributed by atoms with E-state index in [9.17, 15) is 24.3 Å². The van der Waals surface area contributed by atoms with Crippen LogP contribution < -0.4 is 24.4 Å². The molecule has 25 heteroatoms. The number of carbonyl (C=O) groups is 4. The summed E-state index contributed by atoms with van der Waals surface area (Å²) in [4.78, 5) is 85.6. The quantitative estimate of drug-likeness (QED) is 0.0673. The molecule has 23 nitrogen and oxygen atoms in total. The molecule has 0 spiro atoms. The third-order valence-electron chi connectivity index (χ3n) is 20.3. The van der Waals surface area contributed by atoms with Gasteiger partial charge in [0.1, 0.15) is 59.7 Å². The number of halogens is 1. The summed E-state index contributed by atoms with van der Waals surface area (Å²) < 4.78 is 59.9. The minimum Gasteiger partial charge on any atom is -0.472 e. The molecule has 0 aliphatic carbocycles. The van der Waals surface area contributed by atoms with E-state index in [0.29, 0.717) is 73.7 Å². The standard InChI is InChI=1S/C72H88FN11O12S/c1-10-44-13-11-14-47-29-53(93-40-90-9)31-54(60(44)47)62-61(73)63-55(33-74-62)65(81-34-48-19-20-49(35-81)84(48)70(89)95-71(6,7)8)78-68(77-63)92-38-72-24-12-26-83(72)50(21-25-72)37-91-69(88)80-27-22-52(23-28-80)94-58-32-57(96-79-58)59(41(2)3)67(87)82-36-51(85)30-56(82)66(86)76-42(4)45-15-17-46(18-16-45)64-43(5)75-39-97-64/h11,13-18,29,31-33,39,41-42,48-52,56,59,85H,10,12,19-28,30,34-38,40H2,1-9H3,(H,76,86)/t42-,48?,49?,50-,51+,56-,59+,72+/m0/s1. The van der Waals surface area contributed by atoms with Gasteiger partial charge in [0, 0.05) is 83.0 Å². The van der Waals surface area contributed by atoms with Crippen LogP contribution in [0.1, 0.15) is 141 Å². The van der Waals surface area contributed by atoms with Gasteiger partial charge in [0.05, 0.1) is 51.2 Å². The van der Waals surface area contributed by atoms with Gasteiger partial charge >= 0.3 is 18.2 Å². The second-order valence-corrected chi connectivity index (χ2v) is 29.1. The molecule has 6 aliphatic heterocycles. The van der Waals surface area contributed by atoms with Crippen LogP contribution in [-0.4, -0.2) is 188 Å². The maximum atomic E-state index is 17.9. The number of carbonyl (C=O) groups excluding carboxylic acids is 4. The SMILES string of the molecule is CCc1cccc2cc(OCOC)cc(-c3ncc4c(N5CC6CCC(C5)N6C(=O)OC(C)(C)C)nc(OC[C@]56CCCN5[C@H](COC(=O)N5CCC(Oc7cc([C@H](C(=O)N8C[C@H](O)C[C@H]8C(=O)N[C@@H](C)c8ccc(-c9scnc9C)cc8)C(C)C)on7)CC5)CC6)nc4c3F)c12. The van der Waals surface area contributed by atoms with Gasteiger partial charge in [-0.05, 0) is 137 Å². The second kappa shape index (κ2) is 27.9. The number of aliphatic hydroxyl groups is 1. The number of fused-ring (bicyclic) bond motifs is 5. The van der Waals surface area contributed by atoms with E-state index in [0.717, 1.165) is 83.1 Å². The molecule has 516 valence electrons. The van der Waals surface area contributed by atoms with Crippen molar-refractivity contribution in [3.05, 3.63) is 101 Å². The van der Waals surface area contributed by atoms with Crippen LogP contribution in [0.3, 0.4) is 0 Å². The van der Waals surface area contributed by atoms with Crippen LogP contribution in [0.4, 0.5) is 19.8 Å². The smallest absolute Gasteiger partial charge is 0.410 e. The van der Waals surface area contributed by atoms with E-state index in [2.05, 4.69) is 32.2 Å². The third kappa shape index (κ3) is 13.9. The highest BCUT2D eigenvalue weighted by atomic mass is 32.1. The molecule has 2 bridgehead atoms. The van der Waals surface area contributed by atoms with Crippen LogP contribution in [0, 0.1) is 18.7 Å². The van der Waals surface area contributed by atoms with E-state index in [-0.39, 0.29) is 110 Å². The van der Waals surface area contributed by atoms with E-state index < -0.39 is 41.1 Å². The van der Waals surface area contributed by atoms with E-state index in [1.54, 1.807) is 41.7 Å². The highest BCUT2D eigenvalue weighted by Gasteiger charge is 2.51. The first kappa shape index (κ1) is 67.3. The van der Waals surface area contributed by atoms with Crippen LogP contribution in [0.2, 0.25) is 0 Å². The molecule has 8 atom stereocenters. The van der Waals surface area contributed by atoms with E-state index in [1.807, 2.05) is 107 Å². The zero-order chi connectivity index (χ0) is 68.0. The predicted molar refractivity (Wildman–Crippen MR) is 362 cm³/mol. The Hall–Kier alpha value is -8.26. The van der Waals surface area contributed by atoms with E-state index in [4.69, 9.17) is 47.9 Å². The number of ether oxygens (including phenoxy) is 6. The monoisotopic (exact) mass is 1350 g/mol. The molecular weight excluding hydrogens is 1260 g/mol. The zero-order valence-corrected chi connectivity index (χ0v) is 57.6. The summed E-state index contributed by atoms with van der Waals surface area (Å²) in [5, 5.41) is 20.3. The summed E-state index contributed by atoms with van der Waals surface area (Å²) in [5.74, 6) is -0.888. The number of hydrogen-bond donors (Lipinski definition) is 2. The first-order valence-corrected chi connectivity index (χ1v) is 35.1. The number of pyridine rings is 1. The van der Waals surface area contributed by atoms with Gasteiger partial charge in [-0.15, -0.1) is 11.3 Å². The average Bonchev–Trinajstić information content (AvgIpc) is 1.40. The Labute approximate surface area is 568 Å². The summed E-state index contributed by atoms with van der Waals surface area (Å²) >= 11 is 1.58. The van der Waals surface area contributed by atoms with Crippen LogP contribution in [0.5, 0.6) is 17.6 Å². The molecule has 3 aromatic carbocycles. The Morgan fingerprint density at radius 2 is 1.68 bits per heavy atom. The molecule has 13 rings (SSSR count). The molecule has 4 amide bonds. The molecule has 6 saturated heterocycles. The number of likely N-dealkylation sites (tertiary alicyclic amines) is 2. The number of hydrogen-bond acceptors (Lipinski definition) is 20. The number of piperidine rings is 1. The fraction of sp³-hybridized carbons (Fsp3) is 0.542. The number of benzene rings is 3. The summed E-state index contributed by atoms with van der Waals surface area (Å²) in [6.45, 7) is 18.2. The molecule has 97 heavy (non-hydrogen) atoms. The van der Waals surface area contributed by atoms with Crippen molar-refractivity contribution in [2.75, 3.05) is 71.3 Å². The molecule has 0 saturated carbocycles. The highest BCUT2D eigenvalue weighted by Crippen LogP contribution is 2.45. The van der Waals surface area contributed by atoms with Crippen LogP contribution in [0.25, 0.3) is 43.4 Å². The number of aryl methyl sites for hydroxylation is 2. The Bertz CT molecular complexity index is 4030. The van der Waals surface area contributed by atoms with Crippen molar-refractivity contribution >= 4 is 62.8 Å². The number of anilines is 1. The van der Waals surface area contributed by atoms with Crippen LogP contribution in [0.15, 0.2) is 76.9 Å². The summed E-state index contributed by atoms with van der Waals surface area (Å²) in [6, 6.07) is 17.7. The van der Waals surface area contributed by atoms with Gasteiger partial charge in [0.25, 0.3) is 5.88 Å². The molecule has 10 heterocycles. The number of aliphatic hydroxyl groups excluding tert-OH is 1. The molecule has 6 aliphatic rings. The number of nitrogens with zero attached hydrogens (tertiary/aromatic N) is 10. The maximum Gasteiger partial charge on any atom is 0.410 e. The fourth-order valence-corrected chi connectivity index (χ4v) is 16.3. The van der Waals surface area contributed by atoms with Crippen LogP contribution in [-0.2, 0) is 30.2 Å². The number of thiazole rings is 1.